The van der Waals surface area contributed by atoms with Gasteiger partial charge in [-0.2, -0.15) is 4.57 Å². The van der Waals surface area contributed by atoms with E-state index in [9.17, 15) is 0 Å². The number of rotatable bonds is 1. The van der Waals surface area contributed by atoms with E-state index in [2.05, 4.69) is 87.0 Å². The molecule has 0 aliphatic heterocycles. The summed E-state index contributed by atoms with van der Waals surface area (Å²) >= 11 is 0. The Bertz CT molecular complexity index is 1220. The third kappa shape index (κ3) is 2.13. The molecule has 0 saturated carbocycles. The van der Waals surface area contributed by atoms with Crippen LogP contribution in [0.4, 0.5) is 0 Å². The van der Waals surface area contributed by atoms with E-state index in [4.69, 9.17) is 4.98 Å². The number of hydrogen-bond donors (Lipinski definition) is 0. The fourth-order valence-corrected chi connectivity index (χ4v) is 4.74. The first-order chi connectivity index (χ1) is 13.0. The summed E-state index contributed by atoms with van der Waals surface area (Å²) in [5, 5.41) is 1.26. The number of benzene rings is 2. The van der Waals surface area contributed by atoms with Crippen LogP contribution in [0, 0.1) is 6.92 Å². The van der Waals surface area contributed by atoms with Gasteiger partial charge in [0.1, 0.15) is 7.05 Å². The molecule has 0 amide bonds. The summed E-state index contributed by atoms with van der Waals surface area (Å²) in [5.41, 5.74) is 10.2. The Kier molecular flexibility index (Phi) is 3.30. The molecule has 132 valence electrons. The Hall–Kier alpha value is -3.00. The first-order valence-electron chi connectivity index (χ1n) is 9.48. The number of aryl methyl sites for hydroxylation is 2. The molecular weight excluding hydrogens is 328 g/mol. The highest BCUT2D eigenvalue weighted by molar-refractivity contribution is 5.88. The molecule has 2 nitrogen and oxygen atoms in total. The van der Waals surface area contributed by atoms with E-state index in [1.807, 2.05) is 12.3 Å². The van der Waals surface area contributed by atoms with Crippen LogP contribution in [0.5, 0.6) is 0 Å². The lowest BCUT2D eigenvalue weighted by Crippen LogP contribution is -2.33. The van der Waals surface area contributed by atoms with Crippen molar-refractivity contribution in [2.45, 2.75) is 26.2 Å². The molecule has 4 aromatic rings. The molecule has 0 atom stereocenters. The van der Waals surface area contributed by atoms with Crippen LogP contribution in [0.3, 0.4) is 0 Å². The number of para-hydroxylation sites is 1. The number of hydrogen-bond acceptors (Lipinski definition) is 1. The van der Waals surface area contributed by atoms with E-state index in [1.165, 1.54) is 50.1 Å². The quantitative estimate of drug-likeness (QED) is 0.423. The molecule has 0 unspecified atom stereocenters. The summed E-state index contributed by atoms with van der Waals surface area (Å²) in [6.45, 7) is 6.82. The van der Waals surface area contributed by atoms with E-state index in [1.54, 1.807) is 0 Å². The second-order valence-corrected chi connectivity index (χ2v) is 8.04. The highest BCUT2D eigenvalue weighted by Crippen LogP contribution is 2.51. The largest absolute Gasteiger partial charge is 0.260 e. The van der Waals surface area contributed by atoms with Crippen molar-refractivity contribution in [2.75, 3.05) is 0 Å². The van der Waals surface area contributed by atoms with Gasteiger partial charge in [0, 0.05) is 34.7 Å². The van der Waals surface area contributed by atoms with Crippen molar-refractivity contribution in [3.63, 3.8) is 0 Å². The number of aromatic nitrogens is 2. The molecule has 5 rings (SSSR count). The normalized spacial score (nSPS) is 14.2. The van der Waals surface area contributed by atoms with Crippen LogP contribution < -0.4 is 4.57 Å². The molecule has 2 aromatic heterocycles. The third-order valence-electron chi connectivity index (χ3n) is 6.06. The van der Waals surface area contributed by atoms with Crippen molar-refractivity contribution in [3.05, 3.63) is 83.7 Å². The molecule has 0 bridgehead atoms. The van der Waals surface area contributed by atoms with Gasteiger partial charge in [0.15, 0.2) is 0 Å². The fourth-order valence-electron chi connectivity index (χ4n) is 4.74. The second-order valence-electron chi connectivity index (χ2n) is 8.04. The Labute approximate surface area is 160 Å². The minimum Gasteiger partial charge on any atom is -0.260 e. The van der Waals surface area contributed by atoms with Crippen LogP contribution >= 0.6 is 0 Å². The second kappa shape index (κ2) is 5.50. The molecule has 2 aromatic carbocycles. The maximum Gasteiger partial charge on any atom is 0.213 e. The molecule has 2 heterocycles. The summed E-state index contributed by atoms with van der Waals surface area (Å²) in [7, 11) is 2.17. The van der Waals surface area contributed by atoms with Gasteiger partial charge >= 0.3 is 0 Å². The average Bonchev–Trinajstić information content (AvgIpc) is 2.91. The molecule has 0 spiro atoms. The molecule has 0 saturated heterocycles. The van der Waals surface area contributed by atoms with Gasteiger partial charge in [-0.05, 0) is 41.8 Å². The van der Waals surface area contributed by atoms with E-state index in [-0.39, 0.29) is 5.41 Å². The van der Waals surface area contributed by atoms with Crippen LogP contribution in [-0.4, -0.2) is 4.98 Å². The summed E-state index contributed by atoms with van der Waals surface area (Å²) in [4.78, 5) is 4.76. The van der Waals surface area contributed by atoms with Crippen molar-refractivity contribution in [3.8, 4) is 22.4 Å². The highest BCUT2D eigenvalue weighted by Gasteiger charge is 2.40. The number of nitrogens with zero attached hydrogens (tertiary/aromatic N) is 2. The number of fused-ring (bicyclic) bond motifs is 4. The molecule has 0 fully saturated rings. The first-order valence-corrected chi connectivity index (χ1v) is 9.48. The zero-order chi connectivity index (χ0) is 18.8. The predicted octanol–water partition coefficient (Wildman–Crippen LogP) is 5.34. The van der Waals surface area contributed by atoms with Crippen molar-refractivity contribution in [1.29, 1.82) is 0 Å². The molecule has 0 N–H and O–H groups in total. The van der Waals surface area contributed by atoms with Crippen LogP contribution in [0.15, 0.2) is 66.9 Å². The third-order valence-corrected chi connectivity index (χ3v) is 6.06. The lowest BCUT2D eigenvalue weighted by molar-refractivity contribution is -0.633. The van der Waals surface area contributed by atoms with Gasteiger partial charge in [-0.3, -0.25) is 4.98 Å². The zero-order valence-corrected chi connectivity index (χ0v) is 16.2. The smallest absolute Gasteiger partial charge is 0.213 e. The lowest BCUT2D eigenvalue weighted by Gasteiger charge is -2.23. The van der Waals surface area contributed by atoms with Crippen molar-refractivity contribution >= 4 is 10.9 Å². The monoisotopic (exact) mass is 351 g/mol. The number of pyridine rings is 2. The zero-order valence-electron chi connectivity index (χ0n) is 16.2. The van der Waals surface area contributed by atoms with E-state index >= 15 is 0 Å². The fraction of sp³-hybridized carbons (Fsp3) is 0.200. The minimum atomic E-state index is -0.119. The predicted molar refractivity (Wildman–Crippen MR) is 111 cm³/mol. The average molecular weight is 351 g/mol. The Morgan fingerprint density at radius 1 is 0.852 bits per heavy atom. The van der Waals surface area contributed by atoms with E-state index < -0.39 is 0 Å². The van der Waals surface area contributed by atoms with Crippen LogP contribution in [0.1, 0.15) is 30.7 Å². The van der Waals surface area contributed by atoms with Gasteiger partial charge in [0.25, 0.3) is 0 Å². The SMILES string of the molecule is Cc1ccc2c(c1-c1ccc3ccccc3[n+]1C)C(C)(C)c1ncccc1-2. The van der Waals surface area contributed by atoms with Gasteiger partial charge in [-0.15, -0.1) is 0 Å². The van der Waals surface area contributed by atoms with Crippen molar-refractivity contribution in [1.82, 2.24) is 4.98 Å². The highest BCUT2D eigenvalue weighted by atomic mass is 14.9. The van der Waals surface area contributed by atoms with Gasteiger partial charge in [-0.1, -0.05) is 44.2 Å². The van der Waals surface area contributed by atoms with E-state index in [0.717, 1.165) is 0 Å². The standard InChI is InChI=1S/C25H23N2/c1-16-11-13-18-19-9-7-15-26-24(19)25(2,3)23(18)22(16)21-14-12-17-8-5-6-10-20(17)27(21)4/h5-15H,1-4H3/q+1. The molecule has 2 heteroatoms. The molecular formula is C25H23N2+. The molecule has 1 aliphatic rings. The summed E-state index contributed by atoms with van der Waals surface area (Å²) in [6, 6.07) is 21.8. The van der Waals surface area contributed by atoms with Crippen LogP contribution in [0.25, 0.3) is 33.3 Å². The van der Waals surface area contributed by atoms with Crippen molar-refractivity contribution < 1.29 is 4.57 Å². The van der Waals surface area contributed by atoms with Gasteiger partial charge < -0.3 is 0 Å². The summed E-state index contributed by atoms with van der Waals surface area (Å²) < 4.78 is 2.32. The summed E-state index contributed by atoms with van der Waals surface area (Å²) in [5.74, 6) is 0. The van der Waals surface area contributed by atoms with Gasteiger partial charge in [-0.25, -0.2) is 0 Å². The maximum atomic E-state index is 4.76. The minimum absolute atomic E-state index is 0.119. The Morgan fingerprint density at radius 2 is 1.67 bits per heavy atom. The van der Waals surface area contributed by atoms with Crippen molar-refractivity contribution in [2.24, 2.45) is 7.05 Å². The topological polar surface area (TPSA) is 16.8 Å². The Balaban J connectivity index is 1.88. The lowest BCUT2D eigenvalue weighted by atomic mass is 9.80. The van der Waals surface area contributed by atoms with Crippen LogP contribution in [0.2, 0.25) is 0 Å². The Morgan fingerprint density at radius 3 is 2.52 bits per heavy atom. The maximum absolute atomic E-state index is 4.76. The van der Waals surface area contributed by atoms with Gasteiger partial charge in [0.05, 0.1) is 11.3 Å². The first kappa shape index (κ1) is 16.2. The summed E-state index contributed by atoms with van der Waals surface area (Å²) in [6.07, 6.45) is 1.91. The molecule has 1 aliphatic carbocycles. The van der Waals surface area contributed by atoms with Gasteiger partial charge in [0.2, 0.25) is 11.2 Å². The van der Waals surface area contributed by atoms with Crippen LogP contribution in [-0.2, 0) is 12.5 Å². The molecule has 27 heavy (non-hydrogen) atoms. The van der Waals surface area contributed by atoms with E-state index in [0.29, 0.717) is 0 Å². The molecule has 0 radical (unpaired) electrons.